The van der Waals surface area contributed by atoms with E-state index in [1.165, 1.54) is 6.92 Å². The van der Waals surface area contributed by atoms with Gasteiger partial charge in [0.15, 0.2) is 0 Å². The molecule has 0 N–H and O–H groups in total. The molecule has 1 unspecified atom stereocenters. The quantitative estimate of drug-likeness (QED) is 0.335. The van der Waals surface area contributed by atoms with Gasteiger partial charge in [-0.3, -0.25) is 4.79 Å². The molecule has 32 valence electrons. The summed E-state index contributed by atoms with van der Waals surface area (Å²) in [6.45, 7) is 1.29. The van der Waals surface area contributed by atoms with E-state index >= 15 is 0 Å². The highest BCUT2D eigenvalue weighted by Crippen LogP contribution is 1.67. The summed E-state index contributed by atoms with van der Waals surface area (Å²) >= 11 is 4.64. The summed E-state index contributed by atoms with van der Waals surface area (Å²) in [4.78, 5) is 9.21. The van der Waals surface area contributed by atoms with Crippen molar-refractivity contribution in [2.24, 2.45) is 0 Å². The molecule has 0 aliphatic rings. The second-order valence-electron chi connectivity index (χ2n) is 0.470. The maximum atomic E-state index is 9.21. The van der Waals surface area contributed by atoms with Gasteiger partial charge in [0.2, 0.25) is 5.24 Å². The van der Waals surface area contributed by atoms with Gasteiger partial charge in [0, 0.05) is 6.92 Å². The van der Waals surface area contributed by atoms with Gasteiger partial charge < -0.3 is 0 Å². The van der Waals surface area contributed by atoms with E-state index in [2.05, 4.69) is 11.6 Å². The molecule has 0 heterocycles. The van der Waals surface area contributed by atoms with Crippen LogP contribution in [0.1, 0.15) is 6.92 Å². The Kier molecular flexibility index (Phi) is 7.94. The third kappa shape index (κ3) is 165. The molecular formula is C2H6ClOP. The van der Waals surface area contributed by atoms with Gasteiger partial charge in [0.05, 0.1) is 0 Å². The average Bonchev–Trinajstić information content (AvgIpc) is 0.811. The van der Waals surface area contributed by atoms with Crippen LogP contribution in [0, 0.1) is 0 Å². The first-order valence-electron chi connectivity index (χ1n) is 0.893. The number of halogens is 1. The standard InChI is InChI=1S/C2H3ClO.H3P/c1-2(3)4;/h1H3;1H3. The van der Waals surface area contributed by atoms with Crippen molar-refractivity contribution in [3.8, 4) is 0 Å². The molecule has 0 aromatic carbocycles. The summed E-state index contributed by atoms with van der Waals surface area (Å²) in [5.74, 6) is 0. The average molecular weight is 112 g/mol. The molecule has 1 nitrogen and oxygen atoms in total. The zero-order valence-electron chi connectivity index (χ0n) is 2.99. The fourth-order valence-electron chi connectivity index (χ4n) is 0. The topological polar surface area (TPSA) is 17.1 Å². The molecule has 0 saturated carbocycles. The lowest BCUT2D eigenvalue weighted by atomic mass is 10.9. The van der Waals surface area contributed by atoms with Gasteiger partial charge in [0.1, 0.15) is 0 Å². The molecule has 0 radical (unpaired) electrons. The summed E-state index contributed by atoms with van der Waals surface area (Å²) in [7, 11) is 0. The van der Waals surface area contributed by atoms with Crippen molar-refractivity contribution in [1.29, 1.82) is 0 Å². The van der Waals surface area contributed by atoms with Crippen LogP contribution in [0.2, 0.25) is 0 Å². The van der Waals surface area contributed by atoms with Gasteiger partial charge in [-0.15, -0.1) is 0 Å². The number of carbonyl (C=O) groups is 1. The summed E-state index contributed by atoms with van der Waals surface area (Å²) in [5, 5.41) is -0.361. The van der Waals surface area contributed by atoms with Gasteiger partial charge in [-0.05, 0) is 11.6 Å². The van der Waals surface area contributed by atoms with Crippen LogP contribution in [-0.2, 0) is 4.79 Å². The minimum atomic E-state index is -0.361. The Morgan fingerprint density at radius 3 is 1.80 bits per heavy atom. The first-order valence-corrected chi connectivity index (χ1v) is 1.27. The maximum absolute atomic E-state index is 9.21. The zero-order chi connectivity index (χ0) is 3.58. The monoisotopic (exact) mass is 112 g/mol. The normalized spacial score (nSPS) is 5.20. The second-order valence-corrected chi connectivity index (χ2v) is 1.00. The van der Waals surface area contributed by atoms with Gasteiger partial charge in [-0.1, -0.05) is 0 Å². The molecule has 0 amide bonds. The van der Waals surface area contributed by atoms with Crippen LogP contribution in [0.25, 0.3) is 0 Å². The molecule has 0 aromatic rings. The molecule has 0 aliphatic carbocycles. The number of rotatable bonds is 0. The molecule has 3 heteroatoms. The first kappa shape index (κ1) is 9.04. The van der Waals surface area contributed by atoms with Crippen molar-refractivity contribution in [3.05, 3.63) is 0 Å². The van der Waals surface area contributed by atoms with Crippen LogP contribution in [0.4, 0.5) is 0 Å². The van der Waals surface area contributed by atoms with Crippen molar-refractivity contribution in [2.45, 2.75) is 6.92 Å². The smallest absolute Gasteiger partial charge is 0.218 e. The van der Waals surface area contributed by atoms with E-state index in [1.54, 1.807) is 0 Å². The zero-order valence-corrected chi connectivity index (χ0v) is 5.16. The van der Waals surface area contributed by atoms with E-state index in [4.69, 9.17) is 0 Å². The Balaban J connectivity index is 0. The summed E-state index contributed by atoms with van der Waals surface area (Å²) < 4.78 is 0. The molecule has 5 heavy (non-hydrogen) atoms. The lowest BCUT2D eigenvalue weighted by molar-refractivity contribution is -0.109. The van der Waals surface area contributed by atoms with Gasteiger partial charge >= 0.3 is 0 Å². The summed E-state index contributed by atoms with van der Waals surface area (Å²) in [6.07, 6.45) is 0. The van der Waals surface area contributed by atoms with E-state index in [9.17, 15) is 4.79 Å². The molecular weight excluding hydrogens is 106 g/mol. The predicted octanol–water partition coefficient (Wildman–Crippen LogP) is 0.830. The van der Waals surface area contributed by atoms with Crippen LogP contribution in [0.5, 0.6) is 0 Å². The molecule has 0 spiro atoms. The van der Waals surface area contributed by atoms with Crippen molar-refractivity contribution in [1.82, 2.24) is 0 Å². The molecule has 0 rings (SSSR count). The maximum Gasteiger partial charge on any atom is 0.218 e. The van der Waals surface area contributed by atoms with E-state index in [1.807, 2.05) is 0 Å². The Morgan fingerprint density at radius 1 is 1.80 bits per heavy atom. The van der Waals surface area contributed by atoms with Crippen LogP contribution in [-0.4, -0.2) is 5.24 Å². The second kappa shape index (κ2) is 4.39. The molecule has 0 saturated heterocycles. The third-order valence-electron chi connectivity index (χ3n) is 0. The largest absolute Gasteiger partial charge is 0.282 e. The van der Waals surface area contributed by atoms with Crippen molar-refractivity contribution >= 4 is 26.7 Å². The van der Waals surface area contributed by atoms with Crippen molar-refractivity contribution in [3.63, 3.8) is 0 Å². The van der Waals surface area contributed by atoms with Crippen LogP contribution in [0.3, 0.4) is 0 Å². The molecule has 0 aliphatic heterocycles. The van der Waals surface area contributed by atoms with Crippen molar-refractivity contribution < 1.29 is 4.79 Å². The summed E-state index contributed by atoms with van der Waals surface area (Å²) in [5.41, 5.74) is 0. The highest BCUT2D eigenvalue weighted by Gasteiger charge is 1.67. The molecule has 0 aromatic heterocycles. The first-order chi connectivity index (χ1) is 1.73. The van der Waals surface area contributed by atoms with Crippen LogP contribution < -0.4 is 0 Å². The Bertz CT molecular complexity index is 32.6. The lowest BCUT2D eigenvalue weighted by Crippen LogP contribution is -1.62. The minimum Gasteiger partial charge on any atom is -0.282 e. The predicted molar refractivity (Wildman–Crippen MR) is 27.6 cm³/mol. The highest BCUT2D eigenvalue weighted by atomic mass is 35.5. The Morgan fingerprint density at radius 2 is 1.80 bits per heavy atom. The van der Waals surface area contributed by atoms with Crippen molar-refractivity contribution in [2.75, 3.05) is 0 Å². The number of carbonyl (C=O) groups excluding carboxylic acids is 1. The Labute approximate surface area is 39.3 Å². The van der Waals surface area contributed by atoms with Gasteiger partial charge in [-0.25, -0.2) is 0 Å². The number of hydrogen-bond donors (Lipinski definition) is 0. The lowest BCUT2D eigenvalue weighted by Gasteiger charge is -1.52. The fraction of sp³-hybridized carbons (Fsp3) is 0.500. The minimum absolute atomic E-state index is 0. The van der Waals surface area contributed by atoms with Crippen LogP contribution in [0.15, 0.2) is 0 Å². The van der Waals surface area contributed by atoms with E-state index < -0.39 is 0 Å². The number of hydrogen-bond acceptors (Lipinski definition) is 1. The highest BCUT2D eigenvalue weighted by molar-refractivity contribution is 6.92. The van der Waals surface area contributed by atoms with Crippen LogP contribution >= 0.6 is 21.5 Å². The Hall–Kier alpha value is 0.390. The van der Waals surface area contributed by atoms with E-state index in [0.29, 0.717) is 0 Å². The fourth-order valence-corrected chi connectivity index (χ4v) is 0. The van der Waals surface area contributed by atoms with Gasteiger partial charge in [-0.2, -0.15) is 9.90 Å². The SMILES string of the molecule is CC(=O)Cl.P. The van der Waals surface area contributed by atoms with Gasteiger partial charge in [0.25, 0.3) is 0 Å². The molecule has 0 bridgehead atoms. The van der Waals surface area contributed by atoms with E-state index in [-0.39, 0.29) is 15.1 Å². The third-order valence-corrected chi connectivity index (χ3v) is 0. The van der Waals surface area contributed by atoms with E-state index in [0.717, 1.165) is 0 Å². The molecule has 0 fully saturated rings. The molecule has 1 atom stereocenters. The summed E-state index contributed by atoms with van der Waals surface area (Å²) in [6, 6.07) is 0.